The number of nitrogens with zero attached hydrogens (tertiary/aromatic N) is 4. The summed E-state index contributed by atoms with van der Waals surface area (Å²) < 4.78 is 6.68. The van der Waals surface area contributed by atoms with Gasteiger partial charge in [-0.05, 0) is 11.1 Å². The molecule has 8 nitrogen and oxygen atoms in total. The molecule has 0 bridgehead atoms. The van der Waals surface area contributed by atoms with Crippen LogP contribution < -0.4 is 0 Å². The van der Waals surface area contributed by atoms with Crippen LogP contribution in [-0.4, -0.2) is 25.9 Å². The number of non-ortho nitro benzene ring substituents is 1. The molecule has 0 saturated carbocycles. The number of hydrogen-bond acceptors (Lipinski definition) is 6. The summed E-state index contributed by atoms with van der Waals surface area (Å²) >= 11 is 0. The van der Waals surface area contributed by atoms with Crippen molar-refractivity contribution in [3.8, 4) is 0 Å². The van der Waals surface area contributed by atoms with Gasteiger partial charge in [-0.1, -0.05) is 47.7 Å². The molecule has 0 aliphatic rings. The normalized spacial score (nSPS) is 10.4. The molecule has 2 aromatic carbocycles. The van der Waals surface area contributed by atoms with E-state index in [2.05, 4.69) is 10.3 Å². The van der Waals surface area contributed by atoms with Gasteiger partial charge in [-0.15, -0.1) is 5.10 Å². The molecule has 0 spiro atoms. The van der Waals surface area contributed by atoms with Crippen LogP contribution in [0.4, 0.5) is 5.69 Å². The Hall–Kier alpha value is -3.55. The zero-order valence-electron chi connectivity index (χ0n) is 13.1. The standard InChI is InChI=1S/C17H14N4O4/c22-17(25-12-14-7-4-8-15(9-14)21(23)24)16-11-20(19-18-16)10-13-5-2-1-3-6-13/h1-9,11H,10,12H2. The molecular formula is C17H14N4O4. The molecule has 3 aromatic rings. The van der Waals surface area contributed by atoms with Gasteiger partial charge in [0.1, 0.15) is 6.61 Å². The summed E-state index contributed by atoms with van der Waals surface area (Å²) in [6.45, 7) is 0.415. The molecule has 0 unspecified atom stereocenters. The van der Waals surface area contributed by atoms with Crippen LogP contribution in [0.15, 0.2) is 60.8 Å². The molecule has 8 heteroatoms. The van der Waals surface area contributed by atoms with E-state index in [9.17, 15) is 14.9 Å². The third-order valence-corrected chi connectivity index (χ3v) is 3.43. The highest BCUT2D eigenvalue weighted by Crippen LogP contribution is 2.14. The molecule has 1 aromatic heterocycles. The number of nitro groups is 1. The van der Waals surface area contributed by atoms with Crippen molar-refractivity contribution >= 4 is 11.7 Å². The van der Waals surface area contributed by atoms with Gasteiger partial charge >= 0.3 is 5.97 Å². The molecule has 0 amide bonds. The SMILES string of the molecule is O=C(OCc1cccc([N+](=O)[O-])c1)c1cn(Cc2ccccc2)nn1. The van der Waals surface area contributed by atoms with Gasteiger partial charge in [-0.25, -0.2) is 9.48 Å². The van der Waals surface area contributed by atoms with Crippen molar-refractivity contribution in [1.29, 1.82) is 0 Å². The fourth-order valence-electron chi connectivity index (χ4n) is 2.22. The average Bonchev–Trinajstić information content (AvgIpc) is 3.09. The molecule has 1 heterocycles. The van der Waals surface area contributed by atoms with Crippen molar-refractivity contribution in [1.82, 2.24) is 15.0 Å². The Morgan fingerprint density at radius 3 is 2.64 bits per heavy atom. The summed E-state index contributed by atoms with van der Waals surface area (Å²) in [5, 5.41) is 18.4. The molecule has 0 aliphatic heterocycles. The van der Waals surface area contributed by atoms with E-state index in [0.717, 1.165) is 5.56 Å². The first-order chi connectivity index (χ1) is 12.1. The van der Waals surface area contributed by atoms with E-state index >= 15 is 0 Å². The summed E-state index contributed by atoms with van der Waals surface area (Å²) in [5.41, 5.74) is 1.59. The lowest BCUT2D eigenvalue weighted by Gasteiger charge is -2.02. The third-order valence-electron chi connectivity index (χ3n) is 3.43. The molecule has 0 fully saturated rings. The Bertz CT molecular complexity index is 892. The van der Waals surface area contributed by atoms with Crippen molar-refractivity contribution < 1.29 is 14.5 Å². The maximum absolute atomic E-state index is 12.0. The van der Waals surface area contributed by atoms with Gasteiger partial charge in [0.2, 0.25) is 0 Å². The second-order valence-electron chi connectivity index (χ2n) is 5.29. The maximum atomic E-state index is 12.0. The first kappa shape index (κ1) is 16.3. The molecule has 0 atom stereocenters. The Balaban J connectivity index is 1.60. The number of nitro benzene ring substituents is 1. The first-order valence-corrected chi connectivity index (χ1v) is 7.46. The Morgan fingerprint density at radius 1 is 1.12 bits per heavy atom. The Morgan fingerprint density at radius 2 is 1.88 bits per heavy atom. The fraction of sp³-hybridized carbons (Fsp3) is 0.118. The quantitative estimate of drug-likeness (QED) is 0.389. The van der Waals surface area contributed by atoms with E-state index in [1.807, 2.05) is 30.3 Å². The molecule has 0 radical (unpaired) electrons. The topological polar surface area (TPSA) is 100 Å². The van der Waals surface area contributed by atoms with Gasteiger partial charge < -0.3 is 4.74 Å². The van der Waals surface area contributed by atoms with Crippen LogP contribution >= 0.6 is 0 Å². The van der Waals surface area contributed by atoms with Crippen LogP contribution in [0.25, 0.3) is 0 Å². The summed E-state index contributed by atoms with van der Waals surface area (Å²) in [5.74, 6) is -0.634. The first-order valence-electron chi connectivity index (χ1n) is 7.46. The molecule has 0 saturated heterocycles. The van der Waals surface area contributed by atoms with Crippen molar-refractivity contribution in [2.24, 2.45) is 0 Å². The van der Waals surface area contributed by atoms with Gasteiger partial charge in [-0.2, -0.15) is 0 Å². The second-order valence-corrected chi connectivity index (χ2v) is 5.29. The van der Waals surface area contributed by atoms with Gasteiger partial charge in [0.25, 0.3) is 5.69 Å². The van der Waals surface area contributed by atoms with Gasteiger partial charge in [0.05, 0.1) is 17.7 Å². The number of esters is 1. The smallest absolute Gasteiger partial charge is 0.360 e. The lowest BCUT2D eigenvalue weighted by molar-refractivity contribution is -0.384. The van der Waals surface area contributed by atoms with E-state index in [1.165, 1.54) is 24.4 Å². The maximum Gasteiger partial charge on any atom is 0.360 e. The van der Waals surface area contributed by atoms with E-state index in [-0.39, 0.29) is 18.0 Å². The molecule has 0 aliphatic carbocycles. The molecule has 25 heavy (non-hydrogen) atoms. The number of hydrogen-bond donors (Lipinski definition) is 0. The number of carbonyl (C=O) groups excluding carboxylic acids is 1. The molecule has 126 valence electrons. The number of ether oxygens (including phenoxy) is 1. The number of aromatic nitrogens is 3. The average molecular weight is 338 g/mol. The molecule has 0 N–H and O–H groups in total. The predicted octanol–water partition coefficient (Wildman–Crippen LogP) is 2.59. The van der Waals surface area contributed by atoms with Crippen LogP contribution in [0.1, 0.15) is 21.6 Å². The number of carbonyl (C=O) groups is 1. The van der Waals surface area contributed by atoms with E-state index in [1.54, 1.807) is 10.7 Å². The Labute approximate surface area is 142 Å². The second kappa shape index (κ2) is 7.35. The van der Waals surface area contributed by atoms with Crippen molar-refractivity contribution in [3.63, 3.8) is 0 Å². The van der Waals surface area contributed by atoms with E-state index in [0.29, 0.717) is 12.1 Å². The van der Waals surface area contributed by atoms with Gasteiger partial charge in [0.15, 0.2) is 5.69 Å². The fourth-order valence-corrected chi connectivity index (χ4v) is 2.22. The van der Waals surface area contributed by atoms with Gasteiger partial charge in [0, 0.05) is 12.1 Å². The van der Waals surface area contributed by atoms with Gasteiger partial charge in [-0.3, -0.25) is 10.1 Å². The minimum atomic E-state index is -0.634. The molecule has 3 rings (SSSR count). The third kappa shape index (κ3) is 4.25. The Kier molecular flexibility index (Phi) is 4.79. The van der Waals surface area contributed by atoms with Crippen molar-refractivity contribution in [2.75, 3.05) is 0 Å². The minimum Gasteiger partial charge on any atom is -0.456 e. The summed E-state index contributed by atoms with van der Waals surface area (Å²) in [4.78, 5) is 22.3. The van der Waals surface area contributed by atoms with E-state index < -0.39 is 10.9 Å². The monoisotopic (exact) mass is 338 g/mol. The van der Waals surface area contributed by atoms with Crippen molar-refractivity contribution in [2.45, 2.75) is 13.2 Å². The highest BCUT2D eigenvalue weighted by molar-refractivity contribution is 5.86. The van der Waals surface area contributed by atoms with Crippen LogP contribution in [-0.2, 0) is 17.9 Å². The number of rotatable bonds is 6. The number of benzene rings is 2. The predicted molar refractivity (Wildman–Crippen MR) is 87.8 cm³/mol. The largest absolute Gasteiger partial charge is 0.456 e. The summed E-state index contributed by atoms with van der Waals surface area (Å²) in [7, 11) is 0. The van der Waals surface area contributed by atoms with E-state index in [4.69, 9.17) is 4.74 Å². The highest BCUT2D eigenvalue weighted by atomic mass is 16.6. The highest BCUT2D eigenvalue weighted by Gasteiger charge is 2.13. The van der Waals surface area contributed by atoms with Crippen molar-refractivity contribution in [3.05, 3.63) is 87.7 Å². The van der Waals surface area contributed by atoms with Crippen LogP contribution in [0.5, 0.6) is 0 Å². The molecular weight excluding hydrogens is 324 g/mol. The summed E-state index contributed by atoms with van der Waals surface area (Å²) in [6, 6.07) is 15.6. The lowest BCUT2D eigenvalue weighted by atomic mass is 10.2. The van der Waals surface area contributed by atoms with Crippen LogP contribution in [0.3, 0.4) is 0 Å². The minimum absolute atomic E-state index is 0.0534. The zero-order chi connectivity index (χ0) is 17.6. The van der Waals surface area contributed by atoms with Crippen LogP contribution in [0.2, 0.25) is 0 Å². The zero-order valence-corrected chi connectivity index (χ0v) is 13.1. The summed E-state index contributed by atoms with van der Waals surface area (Å²) in [6.07, 6.45) is 1.50. The lowest BCUT2D eigenvalue weighted by Crippen LogP contribution is -2.06. The van der Waals surface area contributed by atoms with Crippen LogP contribution in [0, 0.1) is 10.1 Å².